The van der Waals surface area contributed by atoms with Crippen LogP contribution >= 0.6 is 12.4 Å². The van der Waals surface area contributed by atoms with Crippen molar-refractivity contribution in [2.45, 2.75) is 46.1 Å². The van der Waals surface area contributed by atoms with Crippen molar-refractivity contribution < 1.29 is 4.79 Å². The summed E-state index contributed by atoms with van der Waals surface area (Å²) >= 11 is 0. The number of hydrogen-bond acceptors (Lipinski definition) is 2. The van der Waals surface area contributed by atoms with Gasteiger partial charge in [-0.1, -0.05) is 45.0 Å². The van der Waals surface area contributed by atoms with Gasteiger partial charge in [-0.3, -0.25) is 4.79 Å². The molecular weight excluding hydrogens is 284 g/mol. The molecule has 0 radical (unpaired) electrons. The molecule has 1 aromatic rings. The van der Waals surface area contributed by atoms with Gasteiger partial charge in [0.25, 0.3) is 0 Å². The van der Waals surface area contributed by atoms with Crippen LogP contribution in [0.4, 0.5) is 0 Å². The molecule has 120 valence electrons. The highest BCUT2D eigenvalue weighted by atomic mass is 35.5. The van der Waals surface area contributed by atoms with E-state index in [-0.39, 0.29) is 24.4 Å². The SMILES string of the molecule is CCc1ccc(C(NC(=O)CCCNC)C(C)C)cc1.Cl. The molecule has 0 heterocycles. The normalized spacial score (nSPS) is 11.9. The van der Waals surface area contributed by atoms with Gasteiger partial charge in [-0.15, -0.1) is 12.4 Å². The number of benzene rings is 1. The van der Waals surface area contributed by atoms with Crippen LogP contribution in [-0.2, 0) is 11.2 Å². The van der Waals surface area contributed by atoms with Crippen molar-refractivity contribution >= 4 is 18.3 Å². The average Bonchev–Trinajstić information content (AvgIpc) is 2.45. The quantitative estimate of drug-likeness (QED) is 0.722. The van der Waals surface area contributed by atoms with E-state index >= 15 is 0 Å². The predicted octanol–water partition coefficient (Wildman–Crippen LogP) is 3.48. The number of nitrogens with one attached hydrogen (secondary N) is 2. The number of carbonyl (C=O) groups excluding carboxylic acids is 1. The molecular formula is C17H29ClN2O. The second-order valence-corrected chi connectivity index (χ2v) is 5.59. The summed E-state index contributed by atoms with van der Waals surface area (Å²) in [7, 11) is 1.91. The molecule has 1 aromatic carbocycles. The molecule has 1 atom stereocenters. The van der Waals surface area contributed by atoms with Gasteiger partial charge in [0.05, 0.1) is 6.04 Å². The Hall–Kier alpha value is -1.06. The Balaban J connectivity index is 0.00000400. The first kappa shape index (κ1) is 19.9. The van der Waals surface area contributed by atoms with Gasteiger partial charge in [-0.05, 0) is 43.5 Å². The molecule has 0 saturated heterocycles. The minimum Gasteiger partial charge on any atom is -0.349 e. The van der Waals surface area contributed by atoms with Gasteiger partial charge in [0, 0.05) is 6.42 Å². The summed E-state index contributed by atoms with van der Waals surface area (Å²) in [6.07, 6.45) is 2.50. The Morgan fingerprint density at radius 3 is 2.29 bits per heavy atom. The molecule has 0 aromatic heterocycles. The van der Waals surface area contributed by atoms with Gasteiger partial charge in [0.2, 0.25) is 5.91 Å². The van der Waals surface area contributed by atoms with Crippen molar-refractivity contribution in [1.29, 1.82) is 0 Å². The Bertz CT molecular complexity index is 404. The summed E-state index contributed by atoms with van der Waals surface area (Å²) < 4.78 is 0. The number of hydrogen-bond donors (Lipinski definition) is 2. The molecule has 0 fully saturated rings. The van der Waals surface area contributed by atoms with E-state index in [0.29, 0.717) is 12.3 Å². The molecule has 0 aliphatic heterocycles. The fourth-order valence-electron chi connectivity index (χ4n) is 2.27. The fourth-order valence-corrected chi connectivity index (χ4v) is 2.27. The first-order valence-corrected chi connectivity index (χ1v) is 7.61. The number of amides is 1. The summed E-state index contributed by atoms with van der Waals surface area (Å²) in [4.78, 5) is 12.0. The standard InChI is InChI=1S/C17H28N2O.ClH/c1-5-14-8-10-15(11-9-14)17(13(2)3)19-16(20)7-6-12-18-4;/h8-11,13,17-18H,5-7,12H2,1-4H3,(H,19,20);1H. The molecule has 3 nitrogen and oxygen atoms in total. The van der Waals surface area contributed by atoms with Crippen LogP contribution in [0.3, 0.4) is 0 Å². The van der Waals surface area contributed by atoms with Crippen LogP contribution in [0.15, 0.2) is 24.3 Å². The molecule has 1 rings (SSSR count). The van der Waals surface area contributed by atoms with E-state index < -0.39 is 0 Å². The Labute approximate surface area is 135 Å². The van der Waals surface area contributed by atoms with Crippen molar-refractivity contribution in [3.05, 3.63) is 35.4 Å². The van der Waals surface area contributed by atoms with Crippen LogP contribution in [0, 0.1) is 5.92 Å². The highest BCUT2D eigenvalue weighted by Gasteiger charge is 2.17. The van der Waals surface area contributed by atoms with E-state index in [1.54, 1.807) is 0 Å². The maximum Gasteiger partial charge on any atom is 0.220 e. The first-order chi connectivity index (χ1) is 9.58. The summed E-state index contributed by atoms with van der Waals surface area (Å²) in [5.74, 6) is 0.522. The topological polar surface area (TPSA) is 41.1 Å². The molecule has 0 spiro atoms. The van der Waals surface area contributed by atoms with Crippen LogP contribution in [0.1, 0.15) is 50.8 Å². The zero-order valence-corrected chi connectivity index (χ0v) is 14.4. The van der Waals surface area contributed by atoms with E-state index in [4.69, 9.17) is 0 Å². The van der Waals surface area contributed by atoms with Crippen LogP contribution in [0.5, 0.6) is 0 Å². The third-order valence-electron chi connectivity index (χ3n) is 3.56. The van der Waals surface area contributed by atoms with Crippen molar-refractivity contribution in [2.75, 3.05) is 13.6 Å². The summed E-state index contributed by atoms with van der Waals surface area (Å²) in [5.41, 5.74) is 2.52. The maximum atomic E-state index is 12.0. The smallest absolute Gasteiger partial charge is 0.220 e. The van der Waals surface area contributed by atoms with E-state index in [9.17, 15) is 4.79 Å². The highest BCUT2D eigenvalue weighted by molar-refractivity contribution is 5.85. The van der Waals surface area contributed by atoms with Gasteiger partial charge in [0.1, 0.15) is 0 Å². The molecule has 21 heavy (non-hydrogen) atoms. The van der Waals surface area contributed by atoms with Gasteiger partial charge < -0.3 is 10.6 Å². The molecule has 0 aliphatic carbocycles. The minimum absolute atomic E-state index is 0. The van der Waals surface area contributed by atoms with Gasteiger partial charge >= 0.3 is 0 Å². The Morgan fingerprint density at radius 2 is 1.81 bits per heavy atom. The largest absolute Gasteiger partial charge is 0.349 e. The molecule has 2 N–H and O–H groups in total. The minimum atomic E-state index is 0. The number of carbonyl (C=O) groups is 1. The monoisotopic (exact) mass is 312 g/mol. The van der Waals surface area contributed by atoms with Gasteiger partial charge in [0.15, 0.2) is 0 Å². The second kappa shape index (κ2) is 10.6. The Morgan fingerprint density at radius 1 is 1.19 bits per heavy atom. The Kier molecular flexibility index (Phi) is 10.1. The van der Waals surface area contributed by atoms with Crippen LogP contribution < -0.4 is 10.6 Å². The van der Waals surface area contributed by atoms with E-state index in [1.165, 1.54) is 11.1 Å². The summed E-state index contributed by atoms with van der Waals surface area (Å²) in [5, 5.41) is 6.23. The maximum absolute atomic E-state index is 12.0. The fraction of sp³-hybridized carbons (Fsp3) is 0.588. The second-order valence-electron chi connectivity index (χ2n) is 5.59. The van der Waals surface area contributed by atoms with Crippen molar-refractivity contribution in [3.63, 3.8) is 0 Å². The van der Waals surface area contributed by atoms with Crippen LogP contribution in [0.25, 0.3) is 0 Å². The highest BCUT2D eigenvalue weighted by Crippen LogP contribution is 2.22. The number of halogens is 1. The summed E-state index contributed by atoms with van der Waals surface area (Å²) in [6.45, 7) is 7.32. The van der Waals surface area contributed by atoms with Gasteiger partial charge in [-0.2, -0.15) is 0 Å². The number of rotatable bonds is 8. The molecule has 4 heteroatoms. The lowest BCUT2D eigenvalue weighted by atomic mass is 9.94. The van der Waals surface area contributed by atoms with E-state index in [2.05, 4.69) is 55.7 Å². The lowest BCUT2D eigenvalue weighted by Crippen LogP contribution is -2.32. The van der Waals surface area contributed by atoms with Crippen molar-refractivity contribution in [2.24, 2.45) is 5.92 Å². The third-order valence-corrected chi connectivity index (χ3v) is 3.56. The van der Waals surface area contributed by atoms with Gasteiger partial charge in [-0.25, -0.2) is 0 Å². The van der Waals surface area contributed by atoms with Crippen molar-refractivity contribution in [1.82, 2.24) is 10.6 Å². The molecule has 0 aliphatic rings. The lowest BCUT2D eigenvalue weighted by molar-refractivity contribution is -0.122. The zero-order chi connectivity index (χ0) is 15.0. The summed E-state index contributed by atoms with van der Waals surface area (Å²) in [6, 6.07) is 8.67. The van der Waals surface area contributed by atoms with Crippen molar-refractivity contribution in [3.8, 4) is 0 Å². The van der Waals surface area contributed by atoms with Crippen LogP contribution in [-0.4, -0.2) is 19.5 Å². The molecule has 0 saturated carbocycles. The first-order valence-electron chi connectivity index (χ1n) is 7.61. The zero-order valence-electron chi connectivity index (χ0n) is 13.6. The van der Waals surface area contributed by atoms with Crippen LogP contribution in [0.2, 0.25) is 0 Å². The molecule has 1 unspecified atom stereocenters. The van der Waals surface area contributed by atoms with E-state index in [0.717, 1.165) is 19.4 Å². The molecule has 0 bridgehead atoms. The molecule has 1 amide bonds. The lowest BCUT2D eigenvalue weighted by Gasteiger charge is -2.23. The third kappa shape index (κ3) is 6.96. The number of aryl methyl sites for hydroxylation is 1. The van der Waals surface area contributed by atoms with E-state index in [1.807, 2.05) is 7.05 Å². The predicted molar refractivity (Wildman–Crippen MR) is 92.0 cm³/mol. The average molecular weight is 313 g/mol.